The van der Waals surface area contributed by atoms with Crippen molar-refractivity contribution in [1.82, 2.24) is 19.7 Å². The zero-order valence-corrected chi connectivity index (χ0v) is 17.0. The molecule has 30 heavy (non-hydrogen) atoms. The van der Waals surface area contributed by atoms with Gasteiger partial charge in [0.05, 0.1) is 18.9 Å². The second-order valence-corrected chi connectivity index (χ2v) is 8.12. The first-order valence-electron chi connectivity index (χ1n) is 10.1. The first kappa shape index (κ1) is 18.7. The molecule has 1 aliphatic carbocycles. The summed E-state index contributed by atoms with van der Waals surface area (Å²) in [4.78, 5) is 25.6. The predicted octanol–water partition coefficient (Wildman–Crippen LogP) is 2.59. The van der Waals surface area contributed by atoms with E-state index in [1.165, 1.54) is 12.1 Å². The molecule has 0 radical (unpaired) electrons. The number of carbonyl (C=O) groups excluding carboxylic acids is 1. The Labute approximate surface area is 174 Å². The SMILES string of the molecule is CN1C(=O)C2(CC2)N(C)c2nc(CCc3cnn(Cc4ccc(F)cc4)c3)ncc21. The predicted molar refractivity (Wildman–Crippen MR) is 111 cm³/mol. The van der Waals surface area contributed by atoms with Crippen LogP contribution in [0.5, 0.6) is 0 Å². The number of hydrogen-bond acceptors (Lipinski definition) is 5. The van der Waals surface area contributed by atoms with Crippen LogP contribution in [0.2, 0.25) is 0 Å². The monoisotopic (exact) mass is 406 g/mol. The molecule has 2 aliphatic rings. The van der Waals surface area contributed by atoms with Crippen molar-refractivity contribution in [2.24, 2.45) is 0 Å². The lowest BCUT2D eigenvalue weighted by Crippen LogP contribution is -2.53. The van der Waals surface area contributed by atoms with Crippen LogP contribution >= 0.6 is 0 Å². The third kappa shape index (κ3) is 3.12. The van der Waals surface area contributed by atoms with E-state index in [0.717, 1.165) is 47.7 Å². The van der Waals surface area contributed by atoms with Crippen molar-refractivity contribution in [2.75, 3.05) is 23.9 Å². The molecule has 7 nitrogen and oxygen atoms in total. The Bertz CT molecular complexity index is 1110. The molecule has 1 saturated carbocycles. The van der Waals surface area contributed by atoms with Crippen LogP contribution in [0.15, 0.2) is 42.9 Å². The number of nitrogens with zero attached hydrogens (tertiary/aromatic N) is 6. The molecule has 1 fully saturated rings. The molecule has 0 atom stereocenters. The molecule has 1 amide bonds. The van der Waals surface area contributed by atoms with E-state index in [9.17, 15) is 9.18 Å². The summed E-state index contributed by atoms with van der Waals surface area (Å²) in [6, 6.07) is 6.45. The molecule has 0 bridgehead atoms. The fraction of sp³-hybridized carbons (Fsp3) is 0.364. The average molecular weight is 406 g/mol. The lowest BCUT2D eigenvalue weighted by molar-refractivity contribution is -0.120. The second-order valence-electron chi connectivity index (χ2n) is 8.12. The number of halogens is 1. The molecular weight excluding hydrogens is 383 g/mol. The van der Waals surface area contributed by atoms with E-state index in [1.54, 1.807) is 30.3 Å². The highest BCUT2D eigenvalue weighted by atomic mass is 19.1. The van der Waals surface area contributed by atoms with Gasteiger partial charge in [0.25, 0.3) is 5.91 Å². The van der Waals surface area contributed by atoms with Gasteiger partial charge in [0.15, 0.2) is 5.82 Å². The van der Waals surface area contributed by atoms with Gasteiger partial charge >= 0.3 is 0 Å². The van der Waals surface area contributed by atoms with Crippen molar-refractivity contribution in [2.45, 2.75) is 37.8 Å². The van der Waals surface area contributed by atoms with Gasteiger partial charge in [-0.05, 0) is 42.5 Å². The van der Waals surface area contributed by atoms with E-state index < -0.39 is 5.54 Å². The number of aromatic nitrogens is 4. The van der Waals surface area contributed by atoms with Crippen molar-refractivity contribution in [3.8, 4) is 0 Å². The third-order valence-corrected chi connectivity index (χ3v) is 6.13. The Morgan fingerprint density at radius 1 is 1.07 bits per heavy atom. The number of benzene rings is 1. The van der Waals surface area contributed by atoms with Crippen molar-refractivity contribution < 1.29 is 9.18 Å². The summed E-state index contributed by atoms with van der Waals surface area (Å²) in [5.74, 6) is 1.47. The van der Waals surface area contributed by atoms with Crippen molar-refractivity contribution in [3.05, 3.63) is 65.6 Å². The van der Waals surface area contributed by atoms with Gasteiger partial charge in [-0.1, -0.05) is 12.1 Å². The highest BCUT2D eigenvalue weighted by Crippen LogP contribution is 2.49. The normalized spacial score (nSPS) is 16.8. The summed E-state index contributed by atoms with van der Waals surface area (Å²) in [5.41, 5.74) is 2.45. The summed E-state index contributed by atoms with van der Waals surface area (Å²) in [7, 11) is 3.75. The van der Waals surface area contributed by atoms with Gasteiger partial charge in [0.1, 0.15) is 22.9 Å². The molecule has 3 aromatic rings. The molecule has 3 heterocycles. The van der Waals surface area contributed by atoms with Crippen molar-refractivity contribution >= 4 is 17.4 Å². The van der Waals surface area contributed by atoms with Crippen LogP contribution < -0.4 is 9.80 Å². The molecule has 5 rings (SSSR count). The maximum atomic E-state index is 13.1. The number of anilines is 2. The van der Waals surface area contributed by atoms with Gasteiger partial charge in [0, 0.05) is 26.7 Å². The van der Waals surface area contributed by atoms with Gasteiger partial charge in [-0.2, -0.15) is 5.10 Å². The lowest BCUT2D eigenvalue weighted by Gasteiger charge is -2.38. The highest BCUT2D eigenvalue weighted by molar-refractivity contribution is 6.09. The number of aryl methyl sites for hydroxylation is 2. The lowest BCUT2D eigenvalue weighted by atomic mass is 10.1. The molecule has 8 heteroatoms. The van der Waals surface area contributed by atoms with E-state index in [-0.39, 0.29) is 11.7 Å². The van der Waals surface area contributed by atoms with Gasteiger partial charge in [-0.3, -0.25) is 9.48 Å². The van der Waals surface area contributed by atoms with Gasteiger partial charge in [0.2, 0.25) is 0 Å². The van der Waals surface area contributed by atoms with Crippen LogP contribution in [0.25, 0.3) is 0 Å². The van der Waals surface area contributed by atoms with Gasteiger partial charge < -0.3 is 9.80 Å². The minimum atomic E-state index is -0.408. The Morgan fingerprint density at radius 3 is 2.57 bits per heavy atom. The van der Waals surface area contributed by atoms with Gasteiger partial charge in [-0.15, -0.1) is 0 Å². The van der Waals surface area contributed by atoms with E-state index >= 15 is 0 Å². The summed E-state index contributed by atoms with van der Waals surface area (Å²) in [6.07, 6.45) is 8.80. The molecule has 0 saturated heterocycles. The first-order chi connectivity index (χ1) is 14.5. The Kier molecular flexibility index (Phi) is 4.30. The highest BCUT2D eigenvalue weighted by Gasteiger charge is 2.58. The maximum absolute atomic E-state index is 13.1. The van der Waals surface area contributed by atoms with Crippen LogP contribution in [-0.2, 0) is 24.2 Å². The molecule has 2 aromatic heterocycles. The number of likely N-dealkylation sites (N-methyl/N-ethyl adjacent to an activating group) is 2. The molecule has 1 aromatic carbocycles. The second kappa shape index (κ2) is 6.90. The minimum absolute atomic E-state index is 0.127. The van der Waals surface area contributed by atoms with E-state index in [2.05, 4.69) is 10.1 Å². The Balaban J connectivity index is 1.28. The molecular formula is C22H23FN6O. The molecule has 0 unspecified atom stereocenters. The molecule has 0 N–H and O–H groups in total. The van der Waals surface area contributed by atoms with Crippen LogP contribution in [0.1, 0.15) is 29.8 Å². The molecule has 1 aliphatic heterocycles. The topological polar surface area (TPSA) is 67.2 Å². The number of rotatable bonds is 5. The summed E-state index contributed by atoms with van der Waals surface area (Å²) in [5, 5.41) is 4.40. The van der Waals surface area contributed by atoms with E-state index in [4.69, 9.17) is 4.98 Å². The smallest absolute Gasteiger partial charge is 0.252 e. The quantitative estimate of drug-likeness (QED) is 0.652. The number of carbonyl (C=O) groups is 1. The van der Waals surface area contributed by atoms with Crippen LogP contribution in [0.4, 0.5) is 15.9 Å². The van der Waals surface area contributed by atoms with Gasteiger partial charge in [-0.25, -0.2) is 14.4 Å². The summed E-state index contributed by atoms with van der Waals surface area (Å²) < 4.78 is 14.9. The van der Waals surface area contributed by atoms with Crippen molar-refractivity contribution in [1.29, 1.82) is 0 Å². The zero-order chi connectivity index (χ0) is 20.9. The van der Waals surface area contributed by atoms with E-state index in [1.807, 2.05) is 29.0 Å². The maximum Gasteiger partial charge on any atom is 0.252 e. The summed E-state index contributed by atoms with van der Waals surface area (Å²) in [6.45, 7) is 0.600. The Hall–Kier alpha value is -3.29. The number of fused-ring (bicyclic) bond motifs is 1. The standard InChI is InChI=1S/C22H23FN6O/c1-27-18-12-24-19(26-20(18)28(2)22(9-10-22)21(27)30)8-5-16-11-25-29(14-16)13-15-3-6-17(23)7-4-15/h3-4,6-7,11-12,14H,5,8-10,13H2,1-2H3. The van der Waals surface area contributed by atoms with Crippen molar-refractivity contribution in [3.63, 3.8) is 0 Å². The zero-order valence-electron chi connectivity index (χ0n) is 17.0. The summed E-state index contributed by atoms with van der Waals surface area (Å²) >= 11 is 0. The van der Waals surface area contributed by atoms with Crippen LogP contribution in [0.3, 0.4) is 0 Å². The van der Waals surface area contributed by atoms with Crippen LogP contribution in [-0.4, -0.2) is 45.3 Å². The third-order valence-electron chi connectivity index (χ3n) is 6.13. The van der Waals surface area contributed by atoms with E-state index in [0.29, 0.717) is 13.0 Å². The molecule has 1 spiro atoms. The fourth-order valence-corrected chi connectivity index (χ4v) is 4.10. The minimum Gasteiger partial charge on any atom is -0.343 e. The first-order valence-corrected chi connectivity index (χ1v) is 10.1. The average Bonchev–Trinajstić information content (AvgIpc) is 3.44. The van der Waals surface area contributed by atoms with Crippen LogP contribution in [0, 0.1) is 5.82 Å². The Morgan fingerprint density at radius 2 is 1.83 bits per heavy atom. The fourth-order valence-electron chi connectivity index (χ4n) is 4.10. The largest absolute Gasteiger partial charge is 0.343 e. The number of amides is 1. The molecule has 154 valence electrons. The number of hydrogen-bond donors (Lipinski definition) is 0.